The summed E-state index contributed by atoms with van der Waals surface area (Å²) in [6, 6.07) is 20.8. The average Bonchev–Trinajstić information content (AvgIpc) is 2.58. The molecule has 104 valence electrons. The molecule has 0 unspecified atom stereocenters. The fourth-order valence-corrected chi connectivity index (χ4v) is 1.67. The fraction of sp³-hybridized carbons (Fsp3) is 0. The summed E-state index contributed by atoms with van der Waals surface area (Å²) < 4.78 is 0. The summed E-state index contributed by atoms with van der Waals surface area (Å²) >= 11 is 0. The third-order valence-corrected chi connectivity index (χ3v) is 2.66. The van der Waals surface area contributed by atoms with E-state index in [0.29, 0.717) is 0 Å². The van der Waals surface area contributed by atoms with Gasteiger partial charge in [0, 0.05) is 12.4 Å². The van der Waals surface area contributed by atoms with Gasteiger partial charge in [-0.2, -0.15) is 0 Å². The highest BCUT2D eigenvalue weighted by Gasteiger charge is 2.00. The summed E-state index contributed by atoms with van der Waals surface area (Å²) in [6.45, 7) is 0. The van der Waals surface area contributed by atoms with Crippen LogP contribution in [0.4, 0.5) is 0 Å². The Labute approximate surface area is 122 Å². The molecule has 0 bridgehead atoms. The van der Waals surface area contributed by atoms with Crippen LogP contribution in [0.15, 0.2) is 79.3 Å². The van der Waals surface area contributed by atoms with Gasteiger partial charge in [-0.15, -0.1) is 0 Å². The van der Waals surface area contributed by atoms with E-state index in [1.54, 1.807) is 0 Å². The summed E-state index contributed by atoms with van der Waals surface area (Å²) in [5.41, 5.74) is 2.52. The molecule has 0 aliphatic carbocycles. The number of rotatable bonds is 2. The predicted molar refractivity (Wildman–Crippen MR) is 80.9 cm³/mol. The lowest BCUT2D eigenvalue weighted by Gasteiger charge is -1.98. The number of aromatic carboxylic acids is 1. The molecule has 1 heterocycles. The van der Waals surface area contributed by atoms with Gasteiger partial charge in [0.2, 0.25) is 0 Å². The van der Waals surface area contributed by atoms with E-state index >= 15 is 0 Å². The molecule has 0 amide bonds. The molecule has 0 aliphatic heterocycles. The first-order chi connectivity index (χ1) is 10.3. The maximum Gasteiger partial charge on any atom is 0.356 e. The van der Waals surface area contributed by atoms with Crippen molar-refractivity contribution in [1.29, 1.82) is 0 Å². The van der Waals surface area contributed by atoms with E-state index < -0.39 is 5.97 Å². The molecule has 0 spiro atoms. The van der Waals surface area contributed by atoms with Gasteiger partial charge in [0.25, 0.3) is 0 Å². The van der Waals surface area contributed by atoms with Crippen LogP contribution < -0.4 is 0 Å². The van der Waals surface area contributed by atoms with Crippen molar-refractivity contribution >= 4 is 5.97 Å². The third-order valence-electron chi connectivity index (χ3n) is 2.66. The third kappa shape index (κ3) is 4.54. The minimum absolute atomic E-state index is 0.0301. The molecule has 0 atom stereocenters. The molecule has 0 saturated heterocycles. The topological polar surface area (TPSA) is 63.1 Å². The van der Waals surface area contributed by atoms with E-state index in [0.717, 1.165) is 0 Å². The van der Waals surface area contributed by atoms with E-state index in [4.69, 9.17) is 5.11 Å². The largest absolute Gasteiger partial charge is 0.476 e. The molecule has 0 fully saturated rings. The van der Waals surface area contributed by atoms with Crippen LogP contribution in [-0.2, 0) is 0 Å². The zero-order valence-corrected chi connectivity index (χ0v) is 11.3. The van der Waals surface area contributed by atoms with Crippen LogP contribution in [0.3, 0.4) is 0 Å². The molecule has 0 radical (unpaired) electrons. The molecule has 1 N–H and O–H groups in total. The maximum atomic E-state index is 10.1. The molecule has 4 nitrogen and oxygen atoms in total. The Hall–Kier alpha value is -3.01. The van der Waals surface area contributed by atoms with Crippen LogP contribution in [0.25, 0.3) is 11.1 Å². The lowest BCUT2D eigenvalue weighted by molar-refractivity contribution is 0.0690. The first-order valence-electron chi connectivity index (χ1n) is 6.37. The second-order valence-corrected chi connectivity index (χ2v) is 4.13. The normalized spacial score (nSPS) is 9.33. The Morgan fingerprint density at radius 2 is 1.33 bits per heavy atom. The van der Waals surface area contributed by atoms with E-state index in [1.165, 1.54) is 29.7 Å². The second-order valence-electron chi connectivity index (χ2n) is 4.13. The van der Waals surface area contributed by atoms with Gasteiger partial charge >= 0.3 is 5.97 Å². The van der Waals surface area contributed by atoms with Crippen molar-refractivity contribution in [2.45, 2.75) is 0 Å². The van der Waals surface area contributed by atoms with Gasteiger partial charge < -0.3 is 5.11 Å². The Bertz CT molecular complexity index is 633. The predicted octanol–water partition coefficient (Wildman–Crippen LogP) is 3.53. The van der Waals surface area contributed by atoms with Crippen molar-refractivity contribution < 1.29 is 9.90 Å². The second kappa shape index (κ2) is 7.55. The van der Waals surface area contributed by atoms with Gasteiger partial charge in [-0.05, 0) is 11.1 Å². The van der Waals surface area contributed by atoms with Crippen LogP contribution in [0.2, 0.25) is 0 Å². The molecular formula is C17H14N2O2. The Kier molecular flexibility index (Phi) is 5.18. The molecule has 3 rings (SSSR count). The van der Waals surface area contributed by atoms with Gasteiger partial charge in [0.15, 0.2) is 5.69 Å². The number of carboxylic acids is 1. The number of hydrogen-bond acceptors (Lipinski definition) is 3. The highest BCUT2D eigenvalue weighted by molar-refractivity contribution is 5.84. The van der Waals surface area contributed by atoms with Crippen molar-refractivity contribution in [3.05, 3.63) is 84.9 Å². The molecular weight excluding hydrogens is 264 g/mol. The summed E-state index contributed by atoms with van der Waals surface area (Å²) in [5, 5.41) is 8.28. The average molecular weight is 278 g/mol. The zero-order valence-electron chi connectivity index (χ0n) is 11.3. The van der Waals surface area contributed by atoms with Crippen molar-refractivity contribution in [2.24, 2.45) is 0 Å². The quantitative estimate of drug-likeness (QED) is 0.779. The van der Waals surface area contributed by atoms with Crippen molar-refractivity contribution in [3.63, 3.8) is 0 Å². The van der Waals surface area contributed by atoms with Gasteiger partial charge in [0.1, 0.15) is 0 Å². The highest BCUT2D eigenvalue weighted by Crippen LogP contribution is 2.17. The standard InChI is InChI=1S/C12H10.C5H4N2O2/c1-3-7-11(8-4-1)12-9-5-2-6-10-12;8-5(9)4-3-6-1-2-7-4/h1-10H;1-3H,(H,8,9). The van der Waals surface area contributed by atoms with Crippen LogP contribution in [0.1, 0.15) is 10.5 Å². The van der Waals surface area contributed by atoms with Crippen molar-refractivity contribution in [2.75, 3.05) is 0 Å². The summed E-state index contributed by atoms with van der Waals surface area (Å²) in [7, 11) is 0. The molecule has 1 aromatic heterocycles. The van der Waals surface area contributed by atoms with E-state index in [-0.39, 0.29) is 5.69 Å². The summed E-state index contributed by atoms with van der Waals surface area (Å²) in [6.07, 6.45) is 3.96. The van der Waals surface area contributed by atoms with Crippen LogP contribution in [0.5, 0.6) is 0 Å². The number of hydrogen-bond donors (Lipinski definition) is 1. The lowest BCUT2D eigenvalue weighted by Crippen LogP contribution is -1.99. The van der Waals surface area contributed by atoms with Crippen molar-refractivity contribution in [1.82, 2.24) is 9.97 Å². The fourth-order valence-electron chi connectivity index (χ4n) is 1.67. The SMILES string of the molecule is O=C(O)c1cnccn1.c1ccc(-c2ccccc2)cc1. The first kappa shape index (κ1) is 14.4. The Morgan fingerprint density at radius 1 is 0.810 bits per heavy atom. The molecule has 3 aromatic rings. The first-order valence-corrected chi connectivity index (χ1v) is 6.37. The number of nitrogens with zero attached hydrogens (tertiary/aromatic N) is 2. The molecule has 0 saturated carbocycles. The molecule has 21 heavy (non-hydrogen) atoms. The highest BCUT2D eigenvalue weighted by atomic mass is 16.4. The molecule has 0 aliphatic rings. The van der Waals surface area contributed by atoms with Gasteiger partial charge in [-0.1, -0.05) is 60.7 Å². The van der Waals surface area contributed by atoms with Crippen LogP contribution >= 0.6 is 0 Å². The molecule has 2 aromatic carbocycles. The lowest BCUT2D eigenvalue weighted by atomic mass is 10.1. The number of aromatic nitrogens is 2. The smallest absolute Gasteiger partial charge is 0.356 e. The monoisotopic (exact) mass is 278 g/mol. The Morgan fingerprint density at radius 3 is 1.67 bits per heavy atom. The minimum Gasteiger partial charge on any atom is -0.476 e. The number of benzene rings is 2. The van der Waals surface area contributed by atoms with Crippen LogP contribution in [-0.4, -0.2) is 21.0 Å². The van der Waals surface area contributed by atoms with Crippen LogP contribution in [0, 0.1) is 0 Å². The number of carbonyl (C=O) groups is 1. The maximum absolute atomic E-state index is 10.1. The number of carboxylic acid groups (broad SMARTS) is 1. The molecule has 4 heteroatoms. The van der Waals surface area contributed by atoms with Crippen molar-refractivity contribution in [3.8, 4) is 11.1 Å². The minimum atomic E-state index is -1.05. The van der Waals surface area contributed by atoms with E-state index in [2.05, 4.69) is 58.5 Å². The van der Waals surface area contributed by atoms with E-state index in [9.17, 15) is 4.79 Å². The summed E-state index contributed by atoms with van der Waals surface area (Å²) in [5.74, 6) is -1.05. The van der Waals surface area contributed by atoms with E-state index in [1.807, 2.05) is 12.1 Å². The van der Waals surface area contributed by atoms with Gasteiger partial charge in [-0.25, -0.2) is 9.78 Å². The summed E-state index contributed by atoms with van der Waals surface area (Å²) in [4.78, 5) is 17.2. The van der Waals surface area contributed by atoms with Gasteiger partial charge in [0.05, 0.1) is 6.20 Å². The Balaban J connectivity index is 0.000000161. The van der Waals surface area contributed by atoms with Gasteiger partial charge in [-0.3, -0.25) is 4.98 Å². The zero-order chi connectivity index (χ0) is 14.9.